The molecule has 0 spiro atoms. The minimum atomic E-state index is -0.529. The van der Waals surface area contributed by atoms with Crippen LogP contribution in [-0.2, 0) is 20.9 Å². The number of rotatable bonds is 9. The molecule has 1 N–H and O–H groups in total. The maximum atomic E-state index is 11.4. The first-order valence-corrected chi connectivity index (χ1v) is 8.45. The SMILES string of the molecule is COC(=O)CC(=O)NCCCOc1cccc(CN2CCCC2)c1. The second-order valence-electron chi connectivity index (χ2n) is 5.94. The fourth-order valence-electron chi connectivity index (χ4n) is 2.69. The number of amides is 1. The molecule has 1 fully saturated rings. The van der Waals surface area contributed by atoms with Gasteiger partial charge in [-0.25, -0.2) is 0 Å². The van der Waals surface area contributed by atoms with Crippen LogP contribution in [0.15, 0.2) is 24.3 Å². The minimum Gasteiger partial charge on any atom is -0.494 e. The number of nitrogens with one attached hydrogen (secondary N) is 1. The average molecular weight is 334 g/mol. The molecule has 1 heterocycles. The average Bonchev–Trinajstić information content (AvgIpc) is 3.07. The maximum Gasteiger partial charge on any atom is 0.315 e. The van der Waals surface area contributed by atoms with Gasteiger partial charge in [0.15, 0.2) is 0 Å². The molecule has 1 aliphatic heterocycles. The number of esters is 1. The third-order valence-corrected chi connectivity index (χ3v) is 3.95. The highest BCUT2D eigenvalue weighted by Gasteiger charge is 2.12. The molecule has 0 aliphatic carbocycles. The van der Waals surface area contributed by atoms with E-state index < -0.39 is 5.97 Å². The standard InChI is InChI=1S/C18H26N2O4/c1-23-18(22)13-17(21)19-8-5-11-24-16-7-4-6-15(12-16)14-20-9-2-3-10-20/h4,6-7,12H,2-3,5,8-11,13-14H2,1H3,(H,19,21). The summed E-state index contributed by atoms with van der Waals surface area (Å²) in [5, 5.41) is 2.67. The zero-order valence-electron chi connectivity index (χ0n) is 14.3. The number of methoxy groups -OCH3 is 1. The molecule has 0 aromatic heterocycles. The molecule has 1 saturated heterocycles. The Kier molecular flexibility index (Phi) is 7.55. The van der Waals surface area contributed by atoms with Crippen molar-refractivity contribution in [3.8, 4) is 5.75 Å². The quantitative estimate of drug-likeness (QED) is 0.423. The summed E-state index contributed by atoms with van der Waals surface area (Å²) >= 11 is 0. The summed E-state index contributed by atoms with van der Waals surface area (Å²) in [6.45, 7) is 4.32. The normalized spacial score (nSPS) is 14.4. The number of hydrogen-bond donors (Lipinski definition) is 1. The van der Waals surface area contributed by atoms with E-state index in [1.165, 1.54) is 38.6 Å². The zero-order valence-corrected chi connectivity index (χ0v) is 14.3. The Morgan fingerprint density at radius 1 is 1.25 bits per heavy atom. The number of likely N-dealkylation sites (tertiary alicyclic amines) is 1. The number of carbonyl (C=O) groups is 2. The summed E-state index contributed by atoms with van der Waals surface area (Å²) in [7, 11) is 1.27. The van der Waals surface area contributed by atoms with Crippen LogP contribution in [0, 0.1) is 0 Å². The highest BCUT2D eigenvalue weighted by Crippen LogP contribution is 2.17. The van der Waals surface area contributed by atoms with Gasteiger partial charge in [0.1, 0.15) is 12.2 Å². The first-order valence-electron chi connectivity index (χ1n) is 8.45. The molecule has 0 radical (unpaired) electrons. The maximum absolute atomic E-state index is 11.4. The molecule has 0 atom stereocenters. The van der Waals surface area contributed by atoms with Gasteiger partial charge in [-0.1, -0.05) is 12.1 Å². The number of nitrogens with zero attached hydrogens (tertiary/aromatic N) is 1. The summed E-state index contributed by atoms with van der Waals surface area (Å²) in [5.74, 6) is 0.000567. The monoisotopic (exact) mass is 334 g/mol. The van der Waals surface area contributed by atoms with E-state index in [1.54, 1.807) is 0 Å². The molecular formula is C18H26N2O4. The Hall–Kier alpha value is -2.08. The lowest BCUT2D eigenvalue weighted by Gasteiger charge is -2.15. The summed E-state index contributed by atoms with van der Waals surface area (Å²) in [6, 6.07) is 8.16. The summed E-state index contributed by atoms with van der Waals surface area (Å²) < 4.78 is 10.2. The van der Waals surface area contributed by atoms with E-state index in [9.17, 15) is 9.59 Å². The number of ether oxygens (including phenoxy) is 2. The van der Waals surface area contributed by atoms with Gasteiger partial charge in [0.05, 0.1) is 13.7 Å². The van der Waals surface area contributed by atoms with E-state index in [2.05, 4.69) is 27.1 Å². The van der Waals surface area contributed by atoms with Crippen LogP contribution in [0.25, 0.3) is 0 Å². The number of carbonyl (C=O) groups excluding carboxylic acids is 2. The van der Waals surface area contributed by atoms with Gasteiger partial charge in [-0.05, 0) is 50.0 Å². The van der Waals surface area contributed by atoms with Crippen molar-refractivity contribution in [3.05, 3.63) is 29.8 Å². The lowest BCUT2D eigenvalue weighted by atomic mass is 10.2. The molecule has 1 aromatic rings. The molecular weight excluding hydrogens is 308 g/mol. The highest BCUT2D eigenvalue weighted by atomic mass is 16.5. The van der Waals surface area contributed by atoms with Crippen molar-refractivity contribution < 1.29 is 19.1 Å². The molecule has 1 amide bonds. The van der Waals surface area contributed by atoms with Crippen LogP contribution < -0.4 is 10.1 Å². The van der Waals surface area contributed by atoms with Gasteiger partial charge in [-0.3, -0.25) is 14.5 Å². The fourth-order valence-corrected chi connectivity index (χ4v) is 2.69. The summed E-state index contributed by atoms with van der Waals surface area (Å²) in [6.07, 6.45) is 3.02. The van der Waals surface area contributed by atoms with E-state index in [4.69, 9.17) is 4.74 Å². The van der Waals surface area contributed by atoms with Crippen molar-refractivity contribution in [1.82, 2.24) is 10.2 Å². The third-order valence-electron chi connectivity index (χ3n) is 3.95. The van der Waals surface area contributed by atoms with Crippen LogP contribution in [-0.4, -0.2) is 50.1 Å². The number of hydrogen-bond acceptors (Lipinski definition) is 5. The van der Waals surface area contributed by atoms with Crippen molar-refractivity contribution in [3.63, 3.8) is 0 Å². The molecule has 0 unspecified atom stereocenters. The zero-order chi connectivity index (χ0) is 17.2. The molecule has 0 saturated carbocycles. The van der Waals surface area contributed by atoms with Crippen LogP contribution in [0.1, 0.15) is 31.2 Å². The van der Waals surface area contributed by atoms with Crippen LogP contribution in [0.4, 0.5) is 0 Å². The highest BCUT2D eigenvalue weighted by molar-refractivity contribution is 5.94. The van der Waals surface area contributed by atoms with Gasteiger partial charge in [0.2, 0.25) is 5.91 Å². The first-order chi connectivity index (χ1) is 11.7. The summed E-state index contributed by atoms with van der Waals surface area (Å²) in [5.41, 5.74) is 1.26. The second-order valence-corrected chi connectivity index (χ2v) is 5.94. The van der Waals surface area contributed by atoms with Crippen molar-refractivity contribution >= 4 is 11.9 Å². The van der Waals surface area contributed by atoms with Crippen LogP contribution in [0.2, 0.25) is 0 Å². The van der Waals surface area contributed by atoms with E-state index in [0.29, 0.717) is 19.6 Å². The van der Waals surface area contributed by atoms with Crippen molar-refractivity contribution in [1.29, 1.82) is 0 Å². The smallest absolute Gasteiger partial charge is 0.315 e. The lowest BCUT2D eigenvalue weighted by molar-refractivity contribution is -0.143. The van der Waals surface area contributed by atoms with Gasteiger partial charge < -0.3 is 14.8 Å². The van der Waals surface area contributed by atoms with E-state index in [-0.39, 0.29) is 12.3 Å². The lowest BCUT2D eigenvalue weighted by Crippen LogP contribution is -2.27. The van der Waals surface area contributed by atoms with Gasteiger partial charge >= 0.3 is 5.97 Å². The predicted molar refractivity (Wildman–Crippen MR) is 90.7 cm³/mol. The first kappa shape index (κ1) is 18.3. The number of benzene rings is 1. The van der Waals surface area contributed by atoms with Crippen LogP contribution in [0.3, 0.4) is 0 Å². The van der Waals surface area contributed by atoms with Crippen molar-refractivity contribution in [2.24, 2.45) is 0 Å². The molecule has 6 heteroatoms. The molecule has 6 nitrogen and oxygen atoms in total. The van der Waals surface area contributed by atoms with Gasteiger partial charge in [-0.2, -0.15) is 0 Å². The predicted octanol–water partition coefficient (Wildman–Crippen LogP) is 1.73. The third kappa shape index (κ3) is 6.58. The Labute approximate surface area is 143 Å². The van der Waals surface area contributed by atoms with Crippen LogP contribution >= 0.6 is 0 Å². The molecule has 2 rings (SSSR count). The largest absolute Gasteiger partial charge is 0.494 e. The Morgan fingerprint density at radius 3 is 2.79 bits per heavy atom. The van der Waals surface area contributed by atoms with E-state index in [1.807, 2.05) is 12.1 Å². The van der Waals surface area contributed by atoms with E-state index >= 15 is 0 Å². The topological polar surface area (TPSA) is 67.9 Å². The molecule has 0 bridgehead atoms. The molecule has 1 aliphatic rings. The fraction of sp³-hybridized carbons (Fsp3) is 0.556. The van der Waals surface area contributed by atoms with Crippen LogP contribution in [0.5, 0.6) is 5.75 Å². The Balaban J connectivity index is 1.63. The second kappa shape index (κ2) is 9.93. The minimum absolute atomic E-state index is 0.240. The van der Waals surface area contributed by atoms with Crippen molar-refractivity contribution in [2.45, 2.75) is 32.2 Å². The van der Waals surface area contributed by atoms with Gasteiger partial charge in [0, 0.05) is 13.1 Å². The summed E-state index contributed by atoms with van der Waals surface area (Å²) in [4.78, 5) is 24.8. The van der Waals surface area contributed by atoms with Crippen molar-refractivity contribution in [2.75, 3.05) is 33.4 Å². The Bertz CT molecular complexity index is 542. The van der Waals surface area contributed by atoms with Gasteiger partial charge in [-0.15, -0.1) is 0 Å². The van der Waals surface area contributed by atoms with E-state index in [0.717, 1.165) is 12.3 Å². The Morgan fingerprint density at radius 2 is 2.04 bits per heavy atom. The molecule has 24 heavy (non-hydrogen) atoms. The van der Waals surface area contributed by atoms with Gasteiger partial charge in [0.25, 0.3) is 0 Å². The molecule has 132 valence electrons. The molecule has 1 aromatic carbocycles.